The summed E-state index contributed by atoms with van der Waals surface area (Å²) in [4.78, 5) is 22.1. The number of hydrogen-bond acceptors (Lipinski definition) is 4. The number of carbonyl (C=O) groups is 1. The Labute approximate surface area is 124 Å². The van der Waals surface area contributed by atoms with Gasteiger partial charge in [0.05, 0.1) is 5.69 Å². The first-order chi connectivity index (χ1) is 9.37. The number of piperidine rings is 1. The number of rotatable bonds is 1. The van der Waals surface area contributed by atoms with Crippen molar-refractivity contribution in [3.8, 4) is 0 Å². The molecule has 1 saturated heterocycles. The number of nitrogens with zero attached hydrogens (tertiary/aromatic N) is 3. The van der Waals surface area contributed by atoms with Crippen LogP contribution in [-0.4, -0.2) is 39.7 Å². The Morgan fingerprint density at radius 2 is 1.90 bits per heavy atom. The smallest absolute Gasteiger partial charge is 0.410 e. The van der Waals surface area contributed by atoms with Gasteiger partial charge in [0.1, 0.15) is 5.60 Å². The lowest BCUT2D eigenvalue weighted by Gasteiger charge is -2.33. The van der Waals surface area contributed by atoms with Crippen molar-refractivity contribution in [2.75, 3.05) is 13.1 Å². The van der Waals surface area contributed by atoms with Crippen LogP contribution in [0.2, 0.25) is 5.15 Å². The minimum atomic E-state index is -0.456. The van der Waals surface area contributed by atoms with Crippen LogP contribution in [0.4, 0.5) is 4.79 Å². The zero-order valence-electron chi connectivity index (χ0n) is 12.1. The summed E-state index contributed by atoms with van der Waals surface area (Å²) in [5, 5.41) is 0.461. The van der Waals surface area contributed by atoms with E-state index in [0.717, 1.165) is 18.5 Å². The molecule has 20 heavy (non-hydrogen) atoms. The number of halogens is 1. The molecule has 5 nitrogen and oxygen atoms in total. The van der Waals surface area contributed by atoms with Crippen LogP contribution in [0.25, 0.3) is 0 Å². The highest BCUT2D eigenvalue weighted by Gasteiger charge is 2.28. The fourth-order valence-corrected chi connectivity index (χ4v) is 2.53. The van der Waals surface area contributed by atoms with Gasteiger partial charge in [0, 0.05) is 31.4 Å². The van der Waals surface area contributed by atoms with E-state index in [1.54, 1.807) is 17.3 Å². The maximum Gasteiger partial charge on any atom is 0.410 e. The molecule has 1 fully saturated rings. The van der Waals surface area contributed by atoms with Gasteiger partial charge >= 0.3 is 6.09 Å². The zero-order chi connectivity index (χ0) is 14.8. The molecule has 2 heterocycles. The zero-order valence-corrected chi connectivity index (χ0v) is 12.9. The first-order valence-corrected chi connectivity index (χ1v) is 7.19. The average Bonchev–Trinajstić information content (AvgIpc) is 2.37. The van der Waals surface area contributed by atoms with Gasteiger partial charge in [0.25, 0.3) is 0 Å². The Kier molecular flexibility index (Phi) is 4.48. The summed E-state index contributed by atoms with van der Waals surface area (Å²) in [6.07, 6.45) is 4.65. The van der Waals surface area contributed by atoms with Crippen LogP contribution in [-0.2, 0) is 4.74 Å². The van der Waals surface area contributed by atoms with Crippen LogP contribution >= 0.6 is 11.6 Å². The molecular weight excluding hydrogens is 278 g/mol. The van der Waals surface area contributed by atoms with Crippen LogP contribution in [0.15, 0.2) is 12.4 Å². The van der Waals surface area contributed by atoms with Crippen LogP contribution in [0.5, 0.6) is 0 Å². The van der Waals surface area contributed by atoms with Gasteiger partial charge in [-0.05, 0) is 33.6 Å². The predicted octanol–water partition coefficient (Wildman–Crippen LogP) is 3.24. The van der Waals surface area contributed by atoms with Gasteiger partial charge < -0.3 is 9.64 Å². The molecule has 0 bridgehead atoms. The fraction of sp³-hybridized carbons (Fsp3) is 0.643. The Morgan fingerprint density at radius 1 is 1.30 bits per heavy atom. The van der Waals surface area contributed by atoms with E-state index in [0.29, 0.717) is 18.2 Å². The Hall–Kier alpha value is -1.36. The van der Waals surface area contributed by atoms with E-state index in [4.69, 9.17) is 16.3 Å². The van der Waals surface area contributed by atoms with E-state index in [2.05, 4.69) is 9.97 Å². The number of carbonyl (C=O) groups excluding carboxylic acids is 1. The second-order valence-electron chi connectivity index (χ2n) is 5.97. The third kappa shape index (κ3) is 3.82. The molecule has 0 atom stereocenters. The topological polar surface area (TPSA) is 55.3 Å². The molecule has 0 aromatic carbocycles. The van der Waals surface area contributed by atoms with E-state index in [9.17, 15) is 4.79 Å². The molecule has 6 heteroatoms. The van der Waals surface area contributed by atoms with E-state index in [-0.39, 0.29) is 12.0 Å². The molecule has 2 rings (SSSR count). The van der Waals surface area contributed by atoms with Crippen molar-refractivity contribution in [3.05, 3.63) is 23.2 Å². The minimum Gasteiger partial charge on any atom is -0.444 e. The standard InChI is InChI=1S/C14H20ClN3O2/c1-14(2,3)20-13(19)18-8-4-10(5-9-18)11-12(15)17-7-6-16-11/h6-7,10H,4-5,8-9H2,1-3H3. The van der Waals surface area contributed by atoms with Crippen molar-refractivity contribution in [2.24, 2.45) is 0 Å². The summed E-state index contributed by atoms with van der Waals surface area (Å²) >= 11 is 6.06. The number of likely N-dealkylation sites (tertiary alicyclic amines) is 1. The maximum atomic E-state index is 12.0. The fourth-order valence-electron chi connectivity index (χ4n) is 2.27. The second-order valence-corrected chi connectivity index (χ2v) is 6.33. The van der Waals surface area contributed by atoms with E-state index < -0.39 is 5.60 Å². The lowest BCUT2D eigenvalue weighted by molar-refractivity contribution is 0.0204. The molecule has 0 saturated carbocycles. The molecule has 0 unspecified atom stereocenters. The van der Waals surface area contributed by atoms with Crippen molar-refractivity contribution in [3.63, 3.8) is 0 Å². The largest absolute Gasteiger partial charge is 0.444 e. The summed E-state index contributed by atoms with van der Waals surface area (Å²) < 4.78 is 5.37. The highest BCUT2D eigenvalue weighted by atomic mass is 35.5. The summed E-state index contributed by atoms with van der Waals surface area (Å²) in [5.41, 5.74) is 0.375. The van der Waals surface area contributed by atoms with Gasteiger partial charge in [-0.25, -0.2) is 9.78 Å². The van der Waals surface area contributed by atoms with Crippen molar-refractivity contribution in [2.45, 2.75) is 45.1 Å². The molecule has 1 amide bonds. The number of amides is 1. The van der Waals surface area contributed by atoms with Gasteiger partial charge in [0.2, 0.25) is 0 Å². The molecule has 1 aliphatic rings. The quantitative estimate of drug-likeness (QED) is 0.798. The van der Waals surface area contributed by atoms with Gasteiger partial charge in [-0.15, -0.1) is 0 Å². The molecule has 0 N–H and O–H groups in total. The van der Waals surface area contributed by atoms with Crippen molar-refractivity contribution < 1.29 is 9.53 Å². The maximum absolute atomic E-state index is 12.0. The third-order valence-electron chi connectivity index (χ3n) is 3.21. The third-order valence-corrected chi connectivity index (χ3v) is 3.50. The monoisotopic (exact) mass is 297 g/mol. The van der Waals surface area contributed by atoms with Gasteiger partial charge in [-0.1, -0.05) is 11.6 Å². The van der Waals surface area contributed by atoms with Gasteiger partial charge in [-0.3, -0.25) is 4.98 Å². The minimum absolute atomic E-state index is 0.249. The molecule has 0 aliphatic carbocycles. The van der Waals surface area contributed by atoms with E-state index >= 15 is 0 Å². The van der Waals surface area contributed by atoms with Crippen molar-refractivity contribution in [1.82, 2.24) is 14.9 Å². The lowest BCUT2D eigenvalue weighted by atomic mass is 9.94. The number of ether oxygens (including phenoxy) is 1. The summed E-state index contributed by atoms with van der Waals surface area (Å²) in [5.74, 6) is 0.259. The Balaban J connectivity index is 1.93. The second kappa shape index (κ2) is 5.95. The number of hydrogen-bond donors (Lipinski definition) is 0. The average molecular weight is 298 g/mol. The summed E-state index contributed by atoms with van der Waals surface area (Å²) in [6.45, 7) is 6.93. The predicted molar refractivity (Wildman–Crippen MR) is 76.8 cm³/mol. The summed E-state index contributed by atoms with van der Waals surface area (Å²) in [7, 11) is 0. The van der Waals surface area contributed by atoms with Gasteiger partial charge in [-0.2, -0.15) is 0 Å². The SMILES string of the molecule is CC(C)(C)OC(=O)N1CCC(c2nccnc2Cl)CC1. The highest BCUT2D eigenvalue weighted by Crippen LogP contribution is 2.30. The highest BCUT2D eigenvalue weighted by molar-refractivity contribution is 6.30. The van der Waals surface area contributed by atoms with Crippen molar-refractivity contribution in [1.29, 1.82) is 0 Å². The normalized spacial score (nSPS) is 17.1. The van der Waals surface area contributed by atoms with Crippen molar-refractivity contribution >= 4 is 17.7 Å². The van der Waals surface area contributed by atoms with E-state index in [1.165, 1.54) is 0 Å². The first-order valence-electron chi connectivity index (χ1n) is 6.81. The molecule has 1 aliphatic heterocycles. The Morgan fingerprint density at radius 3 is 2.45 bits per heavy atom. The molecular formula is C14H20ClN3O2. The van der Waals surface area contributed by atoms with Crippen LogP contribution in [0, 0.1) is 0 Å². The number of aromatic nitrogens is 2. The Bertz CT molecular complexity index is 480. The first kappa shape index (κ1) is 15.0. The molecule has 0 radical (unpaired) electrons. The van der Waals surface area contributed by atoms with Crippen LogP contribution in [0.3, 0.4) is 0 Å². The summed E-state index contributed by atoms with van der Waals surface area (Å²) in [6, 6.07) is 0. The lowest BCUT2D eigenvalue weighted by Crippen LogP contribution is -2.41. The molecule has 110 valence electrons. The van der Waals surface area contributed by atoms with Crippen LogP contribution < -0.4 is 0 Å². The van der Waals surface area contributed by atoms with Gasteiger partial charge in [0.15, 0.2) is 5.15 Å². The molecule has 0 spiro atoms. The molecule has 1 aromatic heterocycles. The molecule has 1 aromatic rings. The van der Waals surface area contributed by atoms with Crippen LogP contribution in [0.1, 0.15) is 45.2 Å². The van der Waals surface area contributed by atoms with E-state index in [1.807, 2.05) is 20.8 Å².